The molecule has 1 unspecified atom stereocenters. The highest BCUT2D eigenvalue weighted by molar-refractivity contribution is 5.27. The van der Waals surface area contributed by atoms with Crippen LogP contribution in [0.1, 0.15) is 29.3 Å². The van der Waals surface area contributed by atoms with Crippen LogP contribution in [0.3, 0.4) is 0 Å². The van der Waals surface area contributed by atoms with Gasteiger partial charge in [0.2, 0.25) is 0 Å². The lowest BCUT2D eigenvalue weighted by molar-refractivity contribution is 0.499. The van der Waals surface area contributed by atoms with Crippen molar-refractivity contribution in [1.29, 1.82) is 0 Å². The summed E-state index contributed by atoms with van der Waals surface area (Å²) in [6.07, 6.45) is 3.50. The van der Waals surface area contributed by atoms with Crippen LogP contribution in [0.5, 0.6) is 0 Å². The van der Waals surface area contributed by atoms with Gasteiger partial charge in [-0.15, -0.1) is 0 Å². The highest BCUT2D eigenvalue weighted by Gasteiger charge is 2.15. The summed E-state index contributed by atoms with van der Waals surface area (Å²) >= 11 is 0. The minimum Gasteiger partial charge on any atom is -0.313 e. The molecule has 1 aromatic carbocycles. The standard InChI is InChI=1S/C15H20FN3/c1-11-5-4-6-13(15(11)16)14(17-2)8-7-12-9-10-18-19(12)3/h4-6,9-10,14,17H,7-8H2,1-3H3. The molecule has 1 aromatic heterocycles. The van der Waals surface area contributed by atoms with Gasteiger partial charge in [0.05, 0.1) is 0 Å². The van der Waals surface area contributed by atoms with E-state index in [1.165, 1.54) is 0 Å². The Hall–Kier alpha value is -1.68. The highest BCUT2D eigenvalue weighted by atomic mass is 19.1. The Morgan fingerprint density at radius 3 is 2.79 bits per heavy atom. The first-order valence-electron chi connectivity index (χ1n) is 6.52. The summed E-state index contributed by atoms with van der Waals surface area (Å²) in [4.78, 5) is 0. The van der Waals surface area contributed by atoms with E-state index in [1.807, 2.05) is 37.0 Å². The molecule has 1 heterocycles. The molecule has 0 aliphatic rings. The second-order valence-electron chi connectivity index (χ2n) is 4.80. The quantitative estimate of drug-likeness (QED) is 0.897. The first-order valence-corrected chi connectivity index (χ1v) is 6.52. The largest absolute Gasteiger partial charge is 0.313 e. The molecule has 0 fully saturated rings. The van der Waals surface area contributed by atoms with E-state index in [4.69, 9.17) is 0 Å². The van der Waals surface area contributed by atoms with Gasteiger partial charge in [0.25, 0.3) is 0 Å². The molecule has 0 aliphatic heterocycles. The molecule has 0 saturated heterocycles. The van der Waals surface area contributed by atoms with Gasteiger partial charge in [-0.25, -0.2) is 4.39 Å². The van der Waals surface area contributed by atoms with Crippen LogP contribution < -0.4 is 5.32 Å². The van der Waals surface area contributed by atoms with E-state index in [0.29, 0.717) is 5.56 Å². The summed E-state index contributed by atoms with van der Waals surface area (Å²) < 4.78 is 16.0. The Morgan fingerprint density at radius 1 is 1.37 bits per heavy atom. The van der Waals surface area contributed by atoms with Crippen LogP contribution in [0.15, 0.2) is 30.5 Å². The van der Waals surface area contributed by atoms with Gasteiger partial charge in [0, 0.05) is 30.5 Å². The fraction of sp³-hybridized carbons (Fsp3) is 0.400. The van der Waals surface area contributed by atoms with Crippen LogP contribution in [0.25, 0.3) is 0 Å². The lowest BCUT2D eigenvalue weighted by Crippen LogP contribution is -2.19. The van der Waals surface area contributed by atoms with Crippen molar-refractivity contribution in [2.45, 2.75) is 25.8 Å². The number of halogens is 1. The van der Waals surface area contributed by atoms with Gasteiger partial charge in [0.15, 0.2) is 0 Å². The van der Waals surface area contributed by atoms with Crippen molar-refractivity contribution in [2.75, 3.05) is 7.05 Å². The number of aryl methyl sites for hydroxylation is 3. The van der Waals surface area contributed by atoms with Gasteiger partial charge >= 0.3 is 0 Å². The van der Waals surface area contributed by atoms with Gasteiger partial charge in [-0.2, -0.15) is 5.10 Å². The Balaban J connectivity index is 2.12. The molecule has 2 aromatic rings. The molecular formula is C15H20FN3. The molecule has 102 valence electrons. The van der Waals surface area contributed by atoms with Crippen LogP contribution in [-0.2, 0) is 13.5 Å². The zero-order valence-corrected chi connectivity index (χ0v) is 11.7. The van der Waals surface area contributed by atoms with Crippen molar-refractivity contribution in [2.24, 2.45) is 7.05 Å². The van der Waals surface area contributed by atoms with Gasteiger partial charge in [-0.1, -0.05) is 18.2 Å². The lowest BCUT2D eigenvalue weighted by Gasteiger charge is -2.18. The molecule has 1 N–H and O–H groups in total. The molecule has 0 saturated carbocycles. The minimum absolute atomic E-state index is 0.0230. The third-order valence-corrected chi connectivity index (χ3v) is 3.56. The van der Waals surface area contributed by atoms with Crippen molar-refractivity contribution in [1.82, 2.24) is 15.1 Å². The summed E-state index contributed by atoms with van der Waals surface area (Å²) in [5, 5.41) is 7.35. The molecule has 0 amide bonds. The van der Waals surface area contributed by atoms with Gasteiger partial charge in [-0.3, -0.25) is 4.68 Å². The van der Waals surface area contributed by atoms with Gasteiger partial charge < -0.3 is 5.32 Å². The Morgan fingerprint density at radius 2 is 2.16 bits per heavy atom. The fourth-order valence-electron chi connectivity index (χ4n) is 2.33. The van der Waals surface area contributed by atoms with Crippen LogP contribution in [-0.4, -0.2) is 16.8 Å². The van der Waals surface area contributed by atoms with E-state index < -0.39 is 0 Å². The molecular weight excluding hydrogens is 241 g/mol. The molecule has 2 rings (SSSR count). The predicted molar refractivity (Wildman–Crippen MR) is 74.5 cm³/mol. The second kappa shape index (κ2) is 5.97. The monoisotopic (exact) mass is 261 g/mol. The van der Waals surface area contributed by atoms with E-state index in [1.54, 1.807) is 19.2 Å². The zero-order chi connectivity index (χ0) is 13.8. The van der Waals surface area contributed by atoms with Crippen molar-refractivity contribution in [3.8, 4) is 0 Å². The summed E-state index contributed by atoms with van der Waals surface area (Å²) in [6.45, 7) is 1.80. The Labute approximate surface area is 113 Å². The second-order valence-corrected chi connectivity index (χ2v) is 4.80. The molecule has 0 spiro atoms. The van der Waals surface area contributed by atoms with Crippen LogP contribution in [0.2, 0.25) is 0 Å². The topological polar surface area (TPSA) is 29.9 Å². The third kappa shape index (κ3) is 3.01. The maximum Gasteiger partial charge on any atom is 0.130 e. The van der Waals surface area contributed by atoms with Crippen molar-refractivity contribution >= 4 is 0 Å². The molecule has 4 heteroatoms. The Bertz CT molecular complexity index is 548. The lowest BCUT2D eigenvalue weighted by atomic mass is 9.98. The molecule has 3 nitrogen and oxygen atoms in total. The number of nitrogens with zero attached hydrogens (tertiary/aromatic N) is 2. The highest BCUT2D eigenvalue weighted by Crippen LogP contribution is 2.23. The van der Waals surface area contributed by atoms with E-state index >= 15 is 0 Å². The predicted octanol–water partition coefficient (Wildman–Crippen LogP) is 2.76. The number of rotatable bonds is 5. The van der Waals surface area contributed by atoms with Crippen molar-refractivity contribution < 1.29 is 4.39 Å². The SMILES string of the molecule is CNC(CCc1ccnn1C)c1cccc(C)c1F. The maximum atomic E-state index is 14.1. The first kappa shape index (κ1) is 13.7. The fourth-order valence-corrected chi connectivity index (χ4v) is 2.33. The van der Waals surface area contributed by atoms with E-state index in [-0.39, 0.29) is 11.9 Å². The van der Waals surface area contributed by atoms with Gasteiger partial charge in [-0.05, 0) is 38.4 Å². The number of aromatic nitrogens is 2. The maximum absolute atomic E-state index is 14.1. The van der Waals surface area contributed by atoms with E-state index in [0.717, 1.165) is 24.1 Å². The number of nitrogens with one attached hydrogen (secondary N) is 1. The number of hydrogen-bond donors (Lipinski definition) is 1. The smallest absolute Gasteiger partial charge is 0.130 e. The average Bonchev–Trinajstić information content (AvgIpc) is 2.80. The van der Waals surface area contributed by atoms with Crippen molar-refractivity contribution in [3.63, 3.8) is 0 Å². The van der Waals surface area contributed by atoms with Gasteiger partial charge in [0.1, 0.15) is 5.82 Å². The van der Waals surface area contributed by atoms with Crippen LogP contribution in [0, 0.1) is 12.7 Å². The summed E-state index contributed by atoms with van der Waals surface area (Å²) in [5.41, 5.74) is 2.59. The van der Waals surface area contributed by atoms with Crippen LogP contribution in [0.4, 0.5) is 4.39 Å². The molecule has 1 atom stereocenters. The van der Waals surface area contributed by atoms with Crippen molar-refractivity contribution in [3.05, 3.63) is 53.1 Å². The summed E-state index contributed by atoms with van der Waals surface area (Å²) in [7, 11) is 3.80. The average molecular weight is 261 g/mol. The molecule has 0 radical (unpaired) electrons. The van der Waals surface area contributed by atoms with E-state index in [2.05, 4.69) is 10.4 Å². The molecule has 0 bridgehead atoms. The number of hydrogen-bond acceptors (Lipinski definition) is 2. The summed E-state index contributed by atoms with van der Waals surface area (Å²) in [5.74, 6) is -0.105. The van der Waals surface area contributed by atoms with Crippen LogP contribution >= 0.6 is 0 Å². The number of benzene rings is 1. The zero-order valence-electron chi connectivity index (χ0n) is 11.7. The molecule has 0 aliphatic carbocycles. The van der Waals surface area contributed by atoms with E-state index in [9.17, 15) is 4.39 Å². The minimum atomic E-state index is -0.105. The first-order chi connectivity index (χ1) is 9.13. The normalized spacial score (nSPS) is 12.6. The third-order valence-electron chi connectivity index (χ3n) is 3.56. The molecule has 19 heavy (non-hydrogen) atoms. The Kier molecular flexibility index (Phi) is 4.32. The summed E-state index contributed by atoms with van der Waals surface area (Å²) in [6, 6.07) is 7.58.